The number of amides is 2. The van der Waals surface area contributed by atoms with Crippen molar-refractivity contribution >= 4 is 27.7 Å². The Balaban J connectivity index is 1.41. The van der Waals surface area contributed by atoms with Crippen LogP contribution in [0.15, 0.2) is 77.3 Å². The van der Waals surface area contributed by atoms with E-state index in [2.05, 4.69) is 26.8 Å². The summed E-state index contributed by atoms with van der Waals surface area (Å²) >= 11 is 3.37. The molecule has 0 aliphatic carbocycles. The first-order valence-corrected chi connectivity index (χ1v) is 10.7. The van der Waals surface area contributed by atoms with Gasteiger partial charge in [-0.3, -0.25) is 20.4 Å². The summed E-state index contributed by atoms with van der Waals surface area (Å²) in [7, 11) is 0. The number of ether oxygens (including phenoxy) is 3. The van der Waals surface area contributed by atoms with Gasteiger partial charge in [0.15, 0.2) is 6.61 Å². The zero-order valence-electron chi connectivity index (χ0n) is 17.5. The van der Waals surface area contributed by atoms with Crippen LogP contribution >= 0.6 is 15.9 Å². The van der Waals surface area contributed by atoms with Crippen molar-refractivity contribution in [3.8, 4) is 17.2 Å². The maximum atomic E-state index is 12.3. The second-order valence-corrected chi connectivity index (χ2v) is 7.65. The van der Waals surface area contributed by atoms with Crippen molar-refractivity contribution in [2.75, 3.05) is 19.8 Å². The Kier molecular flexibility index (Phi) is 8.51. The van der Waals surface area contributed by atoms with E-state index >= 15 is 0 Å². The van der Waals surface area contributed by atoms with Gasteiger partial charge in [-0.15, -0.1) is 0 Å². The minimum absolute atomic E-state index is 0.229. The van der Waals surface area contributed by atoms with Crippen LogP contribution in [0, 0.1) is 6.92 Å². The Morgan fingerprint density at radius 1 is 0.812 bits per heavy atom. The molecule has 2 amide bonds. The van der Waals surface area contributed by atoms with E-state index in [1.807, 2.05) is 49.4 Å². The van der Waals surface area contributed by atoms with Crippen molar-refractivity contribution in [3.63, 3.8) is 0 Å². The number of carbonyl (C=O) groups excluding carboxylic acids is 2. The standard InChI is InChI=1S/C24H23BrN2O5/c1-17-14-19(25)10-11-22(17)32-16-23(28)26-27-24(29)18-6-5-9-21(15-18)31-13-12-30-20-7-3-2-4-8-20/h2-11,14-15H,12-13,16H2,1H3,(H,26,28)(H,27,29). The fourth-order valence-corrected chi connectivity index (χ4v) is 3.19. The summed E-state index contributed by atoms with van der Waals surface area (Å²) in [6, 6.07) is 21.6. The van der Waals surface area contributed by atoms with Crippen LogP contribution in [0.25, 0.3) is 0 Å². The van der Waals surface area contributed by atoms with Crippen molar-refractivity contribution in [1.82, 2.24) is 10.9 Å². The molecular weight excluding hydrogens is 476 g/mol. The van der Waals surface area contributed by atoms with Crippen molar-refractivity contribution in [2.24, 2.45) is 0 Å². The maximum absolute atomic E-state index is 12.3. The summed E-state index contributed by atoms with van der Waals surface area (Å²) in [5.74, 6) is 0.931. The molecule has 7 nitrogen and oxygen atoms in total. The lowest BCUT2D eigenvalue weighted by Crippen LogP contribution is -2.43. The Labute approximate surface area is 194 Å². The molecular formula is C24H23BrN2O5. The number of hydrazine groups is 1. The highest BCUT2D eigenvalue weighted by atomic mass is 79.9. The van der Waals surface area contributed by atoms with Crippen LogP contribution in [-0.4, -0.2) is 31.6 Å². The number of rotatable bonds is 9. The molecule has 0 spiro atoms. The summed E-state index contributed by atoms with van der Waals surface area (Å²) in [6.45, 7) is 2.34. The molecule has 0 bridgehead atoms. The van der Waals surface area contributed by atoms with Crippen LogP contribution in [0.3, 0.4) is 0 Å². The molecule has 3 aromatic carbocycles. The van der Waals surface area contributed by atoms with Gasteiger partial charge in [-0.2, -0.15) is 0 Å². The average molecular weight is 499 g/mol. The summed E-state index contributed by atoms with van der Waals surface area (Å²) in [4.78, 5) is 24.3. The van der Waals surface area contributed by atoms with E-state index in [9.17, 15) is 9.59 Å². The molecule has 3 rings (SSSR count). The van der Waals surface area contributed by atoms with Gasteiger partial charge in [-0.1, -0.05) is 40.2 Å². The summed E-state index contributed by atoms with van der Waals surface area (Å²) in [6.07, 6.45) is 0. The lowest BCUT2D eigenvalue weighted by atomic mass is 10.2. The number of halogens is 1. The van der Waals surface area contributed by atoms with Crippen LogP contribution in [0.4, 0.5) is 0 Å². The number of nitrogens with one attached hydrogen (secondary N) is 2. The molecule has 3 aromatic rings. The van der Waals surface area contributed by atoms with Gasteiger partial charge < -0.3 is 14.2 Å². The molecule has 0 saturated carbocycles. The summed E-state index contributed by atoms with van der Waals surface area (Å²) in [5.41, 5.74) is 5.94. The number of hydrogen-bond donors (Lipinski definition) is 2. The van der Waals surface area contributed by atoms with Crippen molar-refractivity contribution < 1.29 is 23.8 Å². The van der Waals surface area contributed by atoms with Crippen molar-refractivity contribution in [1.29, 1.82) is 0 Å². The summed E-state index contributed by atoms with van der Waals surface area (Å²) in [5, 5.41) is 0. The molecule has 0 aliphatic rings. The zero-order chi connectivity index (χ0) is 22.8. The van der Waals surface area contributed by atoms with Crippen molar-refractivity contribution in [3.05, 3.63) is 88.4 Å². The Bertz CT molecular complexity index is 1060. The molecule has 0 saturated heterocycles. The smallest absolute Gasteiger partial charge is 0.276 e. The van der Waals surface area contributed by atoms with Gasteiger partial charge in [0, 0.05) is 10.0 Å². The number of carbonyl (C=O) groups is 2. The van der Waals surface area contributed by atoms with Gasteiger partial charge in [0.25, 0.3) is 11.8 Å². The average Bonchev–Trinajstić information content (AvgIpc) is 2.80. The lowest BCUT2D eigenvalue weighted by Gasteiger charge is -2.11. The molecule has 0 atom stereocenters. The normalized spacial score (nSPS) is 10.2. The van der Waals surface area contributed by atoms with E-state index in [1.54, 1.807) is 30.3 Å². The van der Waals surface area contributed by atoms with E-state index in [4.69, 9.17) is 14.2 Å². The Hall–Kier alpha value is -3.52. The number of aryl methyl sites for hydroxylation is 1. The molecule has 166 valence electrons. The first kappa shape index (κ1) is 23.1. The summed E-state index contributed by atoms with van der Waals surface area (Å²) < 4.78 is 17.6. The monoisotopic (exact) mass is 498 g/mol. The molecule has 2 N–H and O–H groups in total. The highest BCUT2D eigenvalue weighted by Crippen LogP contribution is 2.22. The van der Waals surface area contributed by atoms with E-state index in [-0.39, 0.29) is 6.61 Å². The van der Waals surface area contributed by atoms with Gasteiger partial charge in [0.1, 0.15) is 30.5 Å². The van der Waals surface area contributed by atoms with E-state index in [0.29, 0.717) is 30.3 Å². The fraction of sp³-hybridized carbons (Fsp3) is 0.167. The minimum Gasteiger partial charge on any atom is -0.490 e. The third-order valence-electron chi connectivity index (χ3n) is 4.27. The van der Waals surface area contributed by atoms with Crippen LogP contribution in [0.1, 0.15) is 15.9 Å². The SMILES string of the molecule is Cc1cc(Br)ccc1OCC(=O)NNC(=O)c1cccc(OCCOc2ccccc2)c1. The van der Waals surface area contributed by atoms with Crippen LogP contribution < -0.4 is 25.1 Å². The Morgan fingerprint density at radius 3 is 2.28 bits per heavy atom. The number of benzene rings is 3. The maximum Gasteiger partial charge on any atom is 0.276 e. The predicted molar refractivity (Wildman–Crippen MR) is 124 cm³/mol. The minimum atomic E-state index is -0.480. The topological polar surface area (TPSA) is 85.9 Å². The third-order valence-corrected chi connectivity index (χ3v) is 4.76. The van der Waals surface area contributed by atoms with Crippen LogP contribution in [0.2, 0.25) is 0 Å². The van der Waals surface area contributed by atoms with Crippen LogP contribution in [-0.2, 0) is 4.79 Å². The van der Waals surface area contributed by atoms with Gasteiger partial charge in [-0.25, -0.2) is 0 Å². The molecule has 0 heterocycles. The molecule has 0 aliphatic heterocycles. The zero-order valence-corrected chi connectivity index (χ0v) is 19.1. The Morgan fingerprint density at radius 2 is 1.53 bits per heavy atom. The van der Waals surface area contributed by atoms with Gasteiger partial charge in [0.05, 0.1) is 0 Å². The second kappa shape index (κ2) is 11.8. The molecule has 0 radical (unpaired) electrons. The van der Waals surface area contributed by atoms with E-state index in [1.165, 1.54) is 0 Å². The fourth-order valence-electron chi connectivity index (χ4n) is 2.72. The number of hydrogen-bond acceptors (Lipinski definition) is 5. The first-order valence-electron chi connectivity index (χ1n) is 9.90. The largest absolute Gasteiger partial charge is 0.490 e. The third kappa shape index (κ3) is 7.31. The second-order valence-electron chi connectivity index (χ2n) is 6.74. The van der Waals surface area contributed by atoms with Crippen LogP contribution in [0.5, 0.6) is 17.2 Å². The quantitative estimate of drug-likeness (QED) is 0.343. The molecule has 0 fully saturated rings. The van der Waals surface area contributed by atoms with E-state index < -0.39 is 11.8 Å². The molecule has 8 heteroatoms. The van der Waals surface area contributed by atoms with Gasteiger partial charge in [0.2, 0.25) is 0 Å². The number of para-hydroxylation sites is 1. The van der Waals surface area contributed by atoms with Gasteiger partial charge >= 0.3 is 0 Å². The highest BCUT2D eigenvalue weighted by Gasteiger charge is 2.10. The highest BCUT2D eigenvalue weighted by molar-refractivity contribution is 9.10. The molecule has 0 aromatic heterocycles. The van der Waals surface area contributed by atoms with Gasteiger partial charge in [-0.05, 0) is 61.0 Å². The molecule has 32 heavy (non-hydrogen) atoms. The first-order chi connectivity index (χ1) is 15.5. The predicted octanol–water partition coefficient (Wildman–Crippen LogP) is 4.06. The molecule has 0 unspecified atom stereocenters. The lowest BCUT2D eigenvalue weighted by molar-refractivity contribution is -0.123. The van der Waals surface area contributed by atoms with E-state index in [0.717, 1.165) is 15.8 Å². The van der Waals surface area contributed by atoms with Crippen molar-refractivity contribution in [2.45, 2.75) is 6.92 Å².